The molecule has 2 fully saturated rings. The number of benzene rings is 1. The SMILES string of the molecule is CC(NC1(CNC(=O)c2ccn(C3CCCNC3)n2)CCCC1)c1ccccc1.Cl. The van der Waals surface area contributed by atoms with Crippen LogP contribution in [0.1, 0.15) is 73.6 Å². The molecule has 2 heterocycles. The van der Waals surface area contributed by atoms with Gasteiger partial charge < -0.3 is 16.0 Å². The molecule has 0 bridgehead atoms. The van der Waals surface area contributed by atoms with Crippen molar-refractivity contribution >= 4 is 18.3 Å². The zero-order valence-electron chi connectivity index (χ0n) is 17.8. The van der Waals surface area contributed by atoms with Crippen LogP contribution in [0.4, 0.5) is 0 Å². The van der Waals surface area contributed by atoms with Crippen LogP contribution >= 0.6 is 12.4 Å². The van der Waals surface area contributed by atoms with E-state index in [0.717, 1.165) is 38.8 Å². The molecule has 164 valence electrons. The van der Waals surface area contributed by atoms with E-state index >= 15 is 0 Å². The van der Waals surface area contributed by atoms with Crippen molar-refractivity contribution in [2.75, 3.05) is 19.6 Å². The fraction of sp³-hybridized carbons (Fsp3) is 0.565. The van der Waals surface area contributed by atoms with Crippen LogP contribution in [-0.2, 0) is 0 Å². The van der Waals surface area contributed by atoms with Crippen LogP contribution in [0.2, 0.25) is 0 Å². The largest absolute Gasteiger partial charge is 0.349 e. The molecule has 0 radical (unpaired) electrons. The molecule has 1 aromatic carbocycles. The van der Waals surface area contributed by atoms with Gasteiger partial charge >= 0.3 is 0 Å². The lowest BCUT2D eigenvalue weighted by Gasteiger charge is -2.34. The maximum atomic E-state index is 12.8. The second-order valence-corrected chi connectivity index (χ2v) is 8.63. The molecular formula is C23H34ClN5O. The summed E-state index contributed by atoms with van der Waals surface area (Å²) in [6, 6.07) is 13.0. The first-order chi connectivity index (χ1) is 14.2. The first-order valence-electron chi connectivity index (χ1n) is 11.0. The van der Waals surface area contributed by atoms with Gasteiger partial charge in [0.05, 0.1) is 6.04 Å². The van der Waals surface area contributed by atoms with E-state index in [1.165, 1.54) is 18.4 Å². The monoisotopic (exact) mass is 431 g/mol. The lowest BCUT2D eigenvalue weighted by Crippen LogP contribution is -2.52. The first-order valence-corrected chi connectivity index (χ1v) is 11.0. The van der Waals surface area contributed by atoms with Crippen LogP contribution in [0.15, 0.2) is 42.6 Å². The van der Waals surface area contributed by atoms with Crippen LogP contribution < -0.4 is 16.0 Å². The first kappa shape index (κ1) is 22.8. The van der Waals surface area contributed by atoms with Gasteiger partial charge in [-0.3, -0.25) is 9.48 Å². The predicted octanol–water partition coefficient (Wildman–Crippen LogP) is 3.62. The third-order valence-electron chi connectivity index (χ3n) is 6.46. The molecular weight excluding hydrogens is 398 g/mol. The van der Waals surface area contributed by atoms with Gasteiger partial charge in [-0.05, 0) is 50.8 Å². The quantitative estimate of drug-likeness (QED) is 0.626. The van der Waals surface area contributed by atoms with Crippen LogP contribution in [0.3, 0.4) is 0 Å². The average molecular weight is 432 g/mol. The van der Waals surface area contributed by atoms with E-state index in [2.05, 4.69) is 52.2 Å². The molecule has 6 nitrogen and oxygen atoms in total. The van der Waals surface area contributed by atoms with E-state index in [-0.39, 0.29) is 29.9 Å². The van der Waals surface area contributed by atoms with Crippen molar-refractivity contribution in [3.8, 4) is 0 Å². The van der Waals surface area contributed by atoms with Crippen molar-refractivity contribution in [3.63, 3.8) is 0 Å². The molecule has 2 aromatic rings. The molecule has 1 saturated heterocycles. The highest BCUT2D eigenvalue weighted by Gasteiger charge is 2.35. The molecule has 1 amide bonds. The fourth-order valence-electron chi connectivity index (χ4n) is 4.77. The van der Waals surface area contributed by atoms with Crippen molar-refractivity contribution in [3.05, 3.63) is 53.9 Å². The number of nitrogens with zero attached hydrogens (tertiary/aromatic N) is 2. The molecule has 1 aromatic heterocycles. The molecule has 1 aliphatic heterocycles. The summed E-state index contributed by atoms with van der Waals surface area (Å²) in [5.74, 6) is -0.0760. The number of carbonyl (C=O) groups excluding carboxylic acids is 1. The Morgan fingerprint density at radius 1 is 1.23 bits per heavy atom. The van der Waals surface area contributed by atoms with Crippen LogP contribution in [0, 0.1) is 0 Å². The lowest BCUT2D eigenvalue weighted by molar-refractivity contribution is 0.0930. The van der Waals surface area contributed by atoms with Gasteiger partial charge in [-0.1, -0.05) is 43.2 Å². The highest BCUT2D eigenvalue weighted by molar-refractivity contribution is 5.92. The standard InChI is InChI=1S/C23H33N5O.ClH/c1-18(19-8-3-2-4-9-19)26-23(12-5-6-13-23)17-25-22(29)21-11-15-28(27-21)20-10-7-14-24-16-20;/h2-4,8-9,11,15,18,20,24,26H,5-7,10,12-14,16-17H2,1H3,(H,25,29);1H. The summed E-state index contributed by atoms with van der Waals surface area (Å²) >= 11 is 0. The Balaban J connectivity index is 0.00000256. The highest BCUT2D eigenvalue weighted by Crippen LogP contribution is 2.32. The number of hydrogen-bond donors (Lipinski definition) is 3. The average Bonchev–Trinajstić information content (AvgIpc) is 3.44. The fourth-order valence-corrected chi connectivity index (χ4v) is 4.77. The second-order valence-electron chi connectivity index (χ2n) is 8.63. The number of rotatable bonds is 7. The minimum atomic E-state index is -0.0760. The third-order valence-corrected chi connectivity index (χ3v) is 6.46. The van der Waals surface area contributed by atoms with Gasteiger partial charge in [-0.25, -0.2) is 0 Å². The van der Waals surface area contributed by atoms with Gasteiger partial charge in [0.25, 0.3) is 5.91 Å². The summed E-state index contributed by atoms with van der Waals surface area (Å²) in [5, 5.41) is 14.9. The van der Waals surface area contributed by atoms with Crippen molar-refractivity contribution in [2.45, 2.75) is 63.1 Å². The summed E-state index contributed by atoms with van der Waals surface area (Å²) in [5.41, 5.74) is 1.76. The highest BCUT2D eigenvalue weighted by atomic mass is 35.5. The molecule has 1 saturated carbocycles. The van der Waals surface area contributed by atoms with E-state index < -0.39 is 0 Å². The smallest absolute Gasteiger partial charge is 0.271 e. The number of amides is 1. The number of carbonyl (C=O) groups is 1. The van der Waals surface area contributed by atoms with Crippen LogP contribution in [0.25, 0.3) is 0 Å². The summed E-state index contributed by atoms with van der Waals surface area (Å²) in [6.45, 7) is 4.84. The minimum Gasteiger partial charge on any atom is -0.349 e. The maximum Gasteiger partial charge on any atom is 0.271 e. The summed E-state index contributed by atoms with van der Waals surface area (Å²) < 4.78 is 1.95. The Bertz CT molecular complexity index is 797. The van der Waals surface area contributed by atoms with E-state index in [4.69, 9.17) is 0 Å². The molecule has 2 atom stereocenters. The Kier molecular flexibility index (Phi) is 7.92. The van der Waals surface area contributed by atoms with Crippen molar-refractivity contribution < 1.29 is 4.79 Å². The molecule has 1 aliphatic carbocycles. The van der Waals surface area contributed by atoms with Gasteiger partial charge in [0, 0.05) is 30.9 Å². The number of hydrogen-bond acceptors (Lipinski definition) is 4. The summed E-state index contributed by atoms with van der Waals surface area (Å²) in [4.78, 5) is 12.8. The second kappa shape index (κ2) is 10.4. The Morgan fingerprint density at radius 2 is 2.00 bits per heavy atom. The Hall–Kier alpha value is -1.89. The molecule has 7 heteroatoms. The summed E-state index contributed by atoms with van der Waals surface area (Å²) in [6.07, 6.45) is 8.79. The molecule has 2 aliphatic rings. The minimum absolute atomic E-state index is 0. The third kappa shape index (κ3) is 5.42. The number of aromatic nitrogens is 2. The van der Waals surface area contributed by atoms with Crippen molar-refractivity contribution in [1.82, 2.24) is 25.7 Å². The number of halogens is 1. The molecule has 30 heavy (non-hydrogen) atoms. The zero-order chi connectivity index (χ0) is 20.1. The molecule has 2 unspecified atom stereocenters. The predicted molar refractivity (Wildman–Crippen MR) is 122 cm³/mol. The van der Waals surface area contributed by atoms with Gasteiger partial charge in [-0.15, -0.1) is 12.4 Å². The normalized spacial score (nSPS) is 21.6. The van der Waals surface area contributed by atoms with E-state index in [0.29, 0.717) is 18.3 Å². The Morgan fingerprint density at radius 3 is 2.70 bits per heavy atom. The van der Waals surface area contributed by atoms with E-state index in [1.54, 1.807) is 0 Å². The lowest BCUT2D eigenvalue weighted by atomic mass is 9.94. The van der Waals surface area contributed by atoms with E-state index in [1.807, 2.05) is 23.0 Å². The van der Waals surface area contributed by atoms with Crippen molar-refractivity contribution in [2.24, 2.45) is 0 Å². The van der Waals surface area contributed by atoms with Gasteiger partial charge in [0.1, 0.15) is 5.69 Å². The van der Waals surface area contributed by atoms with Gasteiger partial charge in [0.2, 0.25) is 0 Å². The topological polar surface area (TPSA) is 71.0 Å². The van der Waals surface area contributed by atoms with Crippen LogP contribution in [0.5, 0.6) is 0 Å². The zero-order valence-corrected chi connectivity index (χ0v) is 18.6. The van der Waals surface area contributed by atoms with Gasteiger partial charge in [0.15, 0.2) is 0 Å². The molecule has 4 rings (SSSR count). The Labute approximate surface area is 185 Å². The van der Waals surface area contributed by atoms with Crippen LogP contribution in [-0.4, -0.2) is 40.9 Å². The van der Waals surface area contributed by atoms with E-state index in [9.17, 15) is 4.79 Å². The molecule has 0 spiro atoms. The maximum absolute atomic E-state index is 12.8. The van der Waals surface area contributed by atoms with Crippen molar-refractivity contribution in [1.29, 1.82) is 0 Å². The number of nitrogens with one attached hydrogen (secondary N) is 3. The van der Waals surface area contributed by atoms with Gasteiger partial charge in [-0.2, -0.15) is 5.10 Å². The summed E-state index contributed by atoms with van der Waals surface area (Å²) in [7, 11) is 0. The molecule has 3 N–H and O–H groups in total. The number of piperidine rings is 1.